The molecule has 0 saturated carbocycles. The van der Waals surface area contributed by atoms with E-state index in [4.69, 9.17) is 11.6 Å². The van der Waals surface area contributed by atoms with Crippen LogP contribution in [0.4, 0.5) is 0 Å². The summed E-state index contributed by atoms with van der Waals surface area (Å²) in [5.74, 6) is 0. The molecule has 0 aliphatic rings. The van der Waals surface area contributed by atoms with Gasteiger partial charge in [-0.05, 0) is 19.8 Å². The topological polar surface area (TPSA) is 67.8 Å². The zero-order chi connectivity index (χ0) is 14.2. The standard InChI is InChI=1S/C12H14ClN3O2S/c1-4-7-9(13)15-11(18)16(10(7)17)12-14-8(5-2)6(3)19-12/h4-5H2,1-3H3,(H,15,18). The van der Waals surface area contributed by atoms with Crippen LogP contribution in [0.3, 0.4) is 0 Å². The van der Waals surface area contributed by atoms with Gasteiger partial charge < -0.3 is 0 Å². The largest absolute Gasteiger partial charge is 0.336 e. The highest BCUT2D eigenvalue weighted by atomic mass is 35.5. The maximum atomic E-state index is 12.3. The van der Waals surface area contributed by atoms with Crippen molar-refractivity contribution < 1.29 is 0 Å². The van der Waals surface area contributed by atoms with Crippen molar-refractivity contribution in [3.8, 4) is 5.13 Å². The molecule has 0 aliphatic heterocycles. The lowest BCUT2D eigenvalue weighted by Crippen LogP contribution is -2.36. The fourth-order valence-corrected chi connectivity index (χ4v) is 3.15. The molecule has 19 heavy (non-hydrogen) atoms. The number of H-pyrrole nitrogens is 1. The summed E-state index contributed by atoms with van der Waals surface area (Å²) in [6, 6.07) is 0. The Balaban J connectivity index is 2.75. The monoisotopic (exact) mass is 299 g/mol. The molecule has 5 nitrogen and oxygen atoms in total. The second kappa shape index (κ2) is 5.30. The van der Waals surface area contributed by atoms with Crippen LogP contribution in [0.1, 0.15) is 30.0 Å². The average Bonchev–Trinajstić information content (AvgIpc) is 2.70. The van der Waals surface area contributed by atoms with Crippen molar-refractivity contribution in [1.29, 1.82) is 0 Å². The second-order valence-corrected chi connectivity index (χ2v) is 5.63. The minimum Gasteiger partial charge on any atom is -0.297 e. The summed E-state index contributed by atoms with van der Waals surface area (Å²) in [6.45, 7) is 5.73. The van der Waals surface area contributed by atoms with Gasteiger partial charge in [0.1, 0.15) is 5.15 Å². The summed E-state index contributed by atoms with van der Waals surface area (Å²) in [7, 11) is 0. The molecule has 2 aromatic rings. The Hall–Kier alpha value is -1.40. The minimum absolute atomic E-state index is 0.109. The fraction of sp³-hybridized carbons (Fsp3) is 0.417. The molecule has 0 fully saturated rings. The van der Waals surface area contributed by atoms with Crippen LogP contribution in [-0.4, -0.2) is 14.5 Å². The smallest absolute Gasteiger partial charge is 0.297 e. The Morgan fingerprint density at radius 2 is 2.00 bits per heavy atom. The van der Waals surface area contributed by atoms with Gasteiger partial charge in [0.05, 0.1) is 11.3 Å². The quantitative estimate of drug-likeness (QED) is 0.882. The number of aromatic nitrogens is 3. The molecule has 2 rings (SSSR count). The number of nitrogens with one attached hydrogen (secondary N) is 1. The third-order valence-electron chi connectivity index (χ3n) is 2.91. The predicted octanol–water partition coefficient (Wildman–Crippen LogP) is 2.07. The molecule has 0 spiro atoms. The molecule has 7 heteroatoms. The van der Waals surface area contributed by atoms with E-state index in [9.17, 15) is 9.59 Å². The molecular formula is C12H14ClN3O2S. The Labute approximate surface area is 118 Å². The first-order valence-corrected chi connectivity index (χ1v) is 7.19. The van der Waals surface area contributed by atoms with E-state index in [1.165, 1.54) is 11.3 Å². The maximum Gasteiger partial charge on any atom is 0.336 e. The molecule has 0 amide bonds. The normalized spacial score (nSPS) is 10.9. The molecule has 0 unspecified atom stereocenters. The summed E-state index contributed by atoms with van der Waals surface area (Å²) >= 11 is 7.21. The van der Waals surface area contributed by atoms with Crippen LogP contribution in [0.25, 0.3) is 5.13 Å². The molecule has 0 aliphatic carbocycles. The van der Waals surface area contributed by atoms with Gasteiger partial charge in [0.25, 0.3) is 5.56 Å². The first-order chi connectivity index (χ1) is 8.99. The van der Waals surface area contributed by atoms with E-state index in [1.54, 1.807) is 0 Å². The Morgan fingerprint density at radius 3 is 2.53 bits per heavy atom. The molecule has 0 radical (unpaired) electrons. The summed E-state index contributed by atoms with van der Waals surface area (Å²) in [6.07, 6.45) is 1.22. The molecule has 2 aromatic heterocycles. The summed E-state index contributed by atoms with van der Waals surface area (Å²) < 4.78 is 1.06. The number of nitrogens with zero attached hydrogens (tertiary/aromatic N) is 2. The predicted molar refractivity (Wildman–Crippen MR) is 76.8 cm³/mol. The lowest BCUT2D eigenvalue weighted by molar-refractivity contribution is 0.828. The zero-order valence-corrected chi connectivity index (χ0v) is 12.5. The van der Waals surface area contributed by atoms with Crippen molar-refractivity contribution in [2.24, 2.45) is 0 Å². The van der Waals surface area contributed by atoms with Crippen molar-refractivity contribution in [1.82, 2.24) is 14.5 Å². The molecule has 2 heterocycles. The number of rotatable bonds is 3. The van der Waals surface area contributed by atoms with Gasteiger partial charge in [-0.2, -0.15) is 0 Å². The summed E-state index contributed by atoms with van der Waals surface area (Å²) in [5.41, 5.74) is 0.350. The number of aromatic amines is 1. The molecule has 0 bridgehead atoms. The van der Waals surface area contributed by atoms with Gasteiger partial charge in [-0.1, -0.05) is 25.4 Å². The maximum absolute atomic E-state index is 12.3. The summed E-state index contributed by atoms with van der Waals surface area (Å²) in [4.78, 5) is 32.0. The van der Waals surface area contributed by atoms with Gasteiger partial charge in [0, 0.05) is 4.88 Å². The van der Waals surface area contributed by atoms with E-state index in [0.29, 0.717) is 17.1 Å². The van der Waals surface area contributed by atoms with Crippen LogP contribution in [-0.2, 0) is 12.8 Å². The molecule has 0 saturated heterocycles. The van der Waals surface area contributed by atoms with Gasteiger partial charge in [-0.3, -0.25) is 9.78 Å². The SMILES string of the molecule is CCc1nc(-n2c(=O)[nH]c(Cl)c(CC)c2=O)sc1C. The van der Waals surface area contributed by atoms with E-state index >= 15 is 0 Å². The molecule has 0 atom stereocenters. The Morgan fingerprint density at radius 1 is 1.32 bits per heavy atom. The van der Waals surface area contributed by atoms with Crippen LogP contribution in [0.5, 0.6) is 0 Å². The lowest BCUT2D eigenvalue weighted by atomic mass is 10.2. The first kappa shape index (κ1) is 14.0. The van der Waals surface area contributed by atoms with Gasteiger partial charge in [-0.25, -0.2) is 14.3 Å². The number of aryl methyl sites for hydroxylation is 2. The Bertz CT molecular complexity index is 730. The average molecular weight is 300 g/mol. The van der Waals surface area contributed by atoms with Crippen LogP contribution in [0.2, 0.25) is 5.15 Å². The highest BCUT2D eigenvalue weighted by Gasteiger charge is 2.16. The van der Waals surface area contributed by atoms with Gasteiger partial charge >= 0.3 is 5.69 Å². The number of hydrogen-bond donors (Lipinski definition) is 1. The van der Waals surface area contributed by atoms with E-state index in [1.807, 2.05) is 20.8 Å². The molecule has 0 aromatic carbocycles. The second-order valence-electron chi connectivity index (χ2n) is 4.07. The van der Waals surface area contributed by atoms with Crippen molar-refractivity contribution in [2.75, 3.05) is 0 Å². The van der Waals surface area contributed by atoms with Crippen molar-refractivity contribution in [3.05, 3.63) is 42.1 Å². The molecule has 1 N–H and O–H groups in total. The zero-order valence-electron chi connectivity index (χ0n) is 10.9. The van der Waals surface area contributed by atoms with Crippen molar-refractivity contribution in [3.63, 3.8) is 0 Å². The first-order valence-electron chi connectivity index (χ1n) is 5.99. The van der Waals surface area contributed by atoms with Crippen LogP contribution < -0.4 is 11.2 Å². The third-order valence-corrected chi connectivity index (χ3v) is 4.23. The van der Waals surface area contributed by atoms with Crippen molar-refractivity contribution in [2.45, 2.75) is 33.6 Å². The minimum atomic E-state index is -0.552. The van der Waals surface area contributed by atoms with Crippen LogP contribution in [0.15, 0.2) is 9.59 Å². The van der Waals surface area contributed by atoms with Crippen LogP contribution in [0, 0.1) is 6.92 Å². The van der Waals surface area contributed by atoms with E-state index < -0.39 is 11.2 Å². The van der Waals surface area contributed by atoms with E-state index in [2.05, 4.69) is 9.97 Å². The molecular weight excluding hydrogens is 286 g/mol. The molecule has 102 valence electrons. The third kappa shape index (κ3) is 2.37. The van der Waals surface area contributed by atoms with Gasteiger partial charge in [0.15, 0.2) is 0 Å². The lowest BCUT2D eigenvalue weighted by Gasteiger charge is -2.04. The van der Waals surface area contributed by atoms with E-state index in [0.717, 1.165) is 21.6 Å². The Kier molecular flexibility index (Phi) is 3.91. The van der Waals surface area contributed by atoms with Crippen LogP contribution >= 0.6 is 22.9 Å². The number of thiazole rings is 1. The number of hydrogen-bond acceptors (Lipinski definition) is 4. The van der Waals surface area contributed by atoms with E-state index in [-0.39, 0.29) is 5.15 Å². The highest BCUT2D eigenvalue weighted by Crippen LogP contribution is 2.20. The highest BCUT2D eigenvalue weighted by molar-refractivity contribution is 7.14. The fourth-order valence-electron chi connectivity index (χ4n) is 1.86. The van der Waals surface area contributed by atoms with Gasteiger partial charge in [0.2, 0.25) is 5.13 Å². The van der Waals surface area contributed by atoms with Gasteiger partial charge in [-0.15, -0.1) is 11.3 Å². The van der Waals surface area contributed by atoms with Crippen molar-refractivity contribution >= 4 is 22.9 Å². The number of halogens is 1. The summed E-state index contributed by atoms with van der Waals surface area (Å²) in [5, 5.41) is 0.504.